The van der Waals surface area contributed by atoms with Gasteiger partial charge in [-0.1, -0.05) is 30.3 Å². The molecule has 2 aliphatic heterocycles. The number of amides is 6. The normalized spacial score (nSPS) is 21.1. The van der Waals surface area contributed by atoms with Crippen molar-refractivity contribution in [3.05, 3.63) is 35.9 Å². The van der Waals surface area contributed by atoms with E-state index in [1.54, 1.807) is 25.1 Å². The molecule has 2 fully saturated rings. The Morgan fingerprint density at radius 3 is 2.31 bits per heavy atom. The van der Waals surface area contributed by atoms with Gasteiger partial charge in [0.15, 0.2) is 10.3 Å². The van der Waals surface area contributed by atoms with E-state index in [0.29, 0.717) is 17.0 Å². The molecule has 35 heavy (non-hydrogen) atoms. The predicted molar refractivity (Wildman–Crippen MR) is 117 cm³/mol. The first-order chi connectivity index (χ1) is 16.0. The summed E-state index contributed by atoms with van der Waals surface area (Å²) in [6.07, 6.45) is 1.46. The molecule has 2 heterocycles. The molecule has 1 aromatic rings. The molecule has 0 unspecified atom stereocenters. The first-order valence-corrected chi connectivity index (χ1v) is 12.7. The van der Waals surface area contributed by atoms with Crippen LogP contribution in [-0.2, 0) is 29.5 Å². The molecule has 13 nitrogen and oxygen atoms in total. The molecule has 0 saturated carbocycles. The van der Waals surface area contributed by atoms with E-state index in [1.165, 1.54) is 23.3 Å². The molecule has 16 heteroatoms. The van der Waals surface area contributed by atoms with E-state index >= 15 is 0 Å². The molecule has 2 saturated heterocycles. The molecule has 0 radical (unpaired) electrons. The maximum atomic E-state index is 13.1. The summed E-state index contributed by atoms with van der Waals surface area (Å²) in [4.78, 5) is 64.6. The van der Waals surface area contributed by atoms with Crippen molar-refractivity contribution in [2.45, 2.75) is 24.4 Å². The summed E-state index contributed by atoms with van der Waals surface area (Å²) in [6, 6.07) is 4.24. The van der Waals surface area contributed by atoms with Crippen LogP contribution < -0.4 is 40.2 Å². The molecule has 1 aromatic carbocycles. The fourth-order valence-corrected chi connectivity index (χ4v) is 5.63. The molecule has 3 atom stereocenters. The number of β-lactam (4-membered cyclic amide) rings is 1. The van der Waals surface area contributed by atoms with Gasteiger partial charge in [-0.2, -0.15) is 0 Å². The van der Waals surface area contributed by atoms with Gasteiger partial charge in [0, 0.05) is 19.6 Å². The van der Waals surface area contributed by atoms with Crippen LogP contribution in [0.5, 0.6) is 0 Å². The van der Waals surface area contributed by atoms with Crippen molar-refractivity contribution in [2.24, 2.45) is 0 Å². The third-order valence-electron chi connectivity index (χ3n) is 5.38. The maximum absolute atomic E-state index is 13.1. The number of nitrogens with one attached hydrogen (secondary N) is 2. The largest absolute Gasteiger partial charge is 1.00 e. The van der Waals surface area contributed by atoms with E-state index in [4.69, 9.17) is 0 Å². The van der Waals surface area contributed by atoms with E-state index in [0.717, 1.165) is 11.8 Å². The van der Waals surface area contributed by atoms with Crippen LogP contribution >= 0.6 is 11.8 Å². The minimum atomic E-state index is -5.06. The van der Waals surface area contributed by atoms with Crippen LogP contribution in [-0.4, -0.2) is 94.0 Å². The fraction of sp³-hybridized carbons (Fsp3) is 0.421. The van der Waals surface area contributed by atoms with Crippen molar-refractivity contribution in [3.63, 3.8) is 0 Å². The Morgan fingerprint density at radius 2 is 1.77 bits per heavy atom. The van der Waals surface area contributed by atoms with E-state index in [9.17, 15) is 36.9 Å². The van der Waals surface area contributed by atoms with Gasteiger partial charge in [-0.05, 0) is 18.7 Å². The van der Waals surface area contributed by atoms with Crippen LogP contribution in [0.1, 0.15) is 18.5 Å². The third kappa shape index (κ3) is 5.98. The summed E-state index contributed by atoms with van der Waals surface area (Å²) in [7, 11) is -5.06. The third-order valence-corrected chi connectivity index (χ3v) is 7.37. The predicted octanol–water partition coefficient (Wildman–Crippen LogP) is -4.39. The second-order valence-electron chi connectivity index (χ2n) is 7.34. The molecular weight excluding hydrogens is 513 g/mol. The molecular formula is C19H22N5NaO8S2. The summed E-state index contributed by atoms with van der Waals surface area (Å²) in [5.74, 6) is -3.85. The molecule has 3 rings (SSSR count). The van der Waals surface area contributed by atoms with Crippen LogP contribution in [0.4, 0.5) is 4.79 Å². The number of imide groups is 1. The Balaban J connectivity index is 0.00000432. The average molecular weight is 536 g/mol. The molecule has 184 valence electrons. The molecule has 0 aliphatic carbocycles. The number of hydrogen-bond acceptors (Lipinski definition) is 9. The van der Waals surface area contributed by atoms with E-state index in [1.807, 2.05) is 0 Å². The SMILES string of the molecule is CCN1CCN(C(=O)N[C@@H](C(=O)N[C@@H]2C(=O)N(S(=O)(=O)[O-])[C@H]2SC)c2ccccc2)C(=O)C1=O.[Na+]. The molecule has 2 aliphatic rings. The summed E-state index contributed by atoms with van der Waals surface area (Å²) >= 11 is 0.876. The van der Waals surface area contributed by atoms with Crippen LogP contribution in [0, 0.1) is 0 Å². The minimum Gasteiger partial charge on any atom is -0.731 e. The van der Waals surface area contributed by atoms with Crippen molar-refractivity contribution < 1.29 is 66.5 Å². The number of urea groups is 1. The number of thioether (sulfide) groups is 1. The zero-order valence-electron chi connectivity index (χ0n) is 19.2. The summed E-state index contributed by atoms with van der Waals surface area (Å²) in [5.41, 5.74) is 0.306. The Kier molecular flexibility index (Phi) is 9.72. The van der Waals surface area contributed by atoms with Crippen molar-refractivity contribution in [2.75, 3.05) is 25.9 Å². The van der Waals surface area contributed by atoms with Gasteiger partial charge in [0.05, 0.1) is 0 Å². The number of likely N-dealkylation sites (N-methyl/N-ethyl adjacent to an activating group) is 1. The van der Waals surface area contributed by atoms with Crippen LogP contribution in [0.25, 0.3) is 0 Å². The first kappa shape index (κ1) is 29.1. The molecule has 0 bridgehead atoms. The Morgan fingerprint density at radius 1 is 1.14 bits per heavy atom. The van der Waals surface area contributed by atoms with Gasteiger partial charge in [-0.3, -0.25) is 24.1 Å². The number of nitrogens with zero attached hydrogens (tertiary/aromatic N) is 3. The van der Waals surface area contributed by atoms with E-state index < -0.39 is 57.4 Å². The summed E-state index contributed by atoms with van der Waals surface area (Å²) in [5, 5.41) is 3.62. The number of carbonyl (C=O) groups excluding carboxylic acids is 5. The minimum absolute atomic E-state index is 0. The molecule has 6 amide bonds. The van der Waals surface area contributed by atoms with E-state index in [-0.39, 0.29) is 47.0 Å². The zero-order valence-corrected chi connectivity index (χ0v) is 22.8. The van der Waals surface area contributed by atoms with Gasteiger partial charge in [0.25, 0.3) is 5.91 Å². The number of rotatable bonds is 7. The van der Waals surface area contributed by atoms with Crippen LogP contribution in [0.3, 0.4) is 0 Å². The second-order valence-corrected chi connectivity index (χ2v) is 9.54. The maximum Gasteiger partial charge on any atom is 1.00 e. The standard InChI is InChI=1S/C19H23N5O8S2.Na/c1-3-22-9-10-23(17(28)16(22)27)19(29)21-12(11-7-5-4-6-8-11)14(25)20-13-15(26)24(18(13)33-2)34(30,31)32;/h4-8,12-13,18H,3,9-10H2,1-2H3,(H,20,25)(H,21,29)(H,30,31,32);/q;+1/p-1/t12-,13-,18+;/m1./s1. The van der Waals surface area contributed by atoms with Gasteiger partial charge >= 0.3 is 47.4 Å². The molecule has 0 spiro atoms. The average Bonchev–Trinajstić information content (AvgIpc) is 2.80. The van der Waals surface area contributed by atoms with Crippen molar-refractivity contribution in [1.82, 2.24) is 24.7 Å². The zero-order chi connectivity index (χ0) is 25.2. The summed E-state index contributed by atoms with van der Waals surface area (Å²) < 4.78 is 34.0. The van der Waals surface area contributed by atoms with Gasteiger partial charge in [0.2, 0.25) is 5.91 Å². The molecule has 2 N–H and O–H groups in total. The fourth-order valence-electron chi connectivity index (χ4n) is 3.59. The van der Waals surface area contributed by atoms with Gasteiger partial charge in [-0.15, -0.1) is 11.8 Å². The van der Waals surface area contributed by atoms with Crippen molar-refractivity contribution >= 4 is 51.7 Å². The Labute approximate surface area is 228 Å². The Bertz CT molecular complexity index is 1120. The quantitative estimate of drug-likeness (QED) is 0.151. The van der Waals surface area contributed by atoms with Gasteiger partial charge < -0.3 is 20.1 Å². The van der Waals surface area contributed by atoms with Gasteiger partial charge in [0.1, 0.15) is 17.5 Å². The smallest absolute Gasteiger partial charge is 0.731 e. The topological polar surface area (TPSA) is 176 Å². The first-order valence-electron chi connectivity index (χ1n) is 10.1. The number of hydrogen-bond donors (Lipinski definition) is 2. The molecule has 0 aromatic heterocycles. The van der Waals surface area contributed by atoms with Crippen LogP contribution in [0.15, 0.2) is 30.3 Å². The number of carbonyl (C=O) groups is 5. The monoisotopic (exact) mass is 535 g/mol. The van der Waals surface area contributed by atoms with Crippen LogP contribution in [0.2, 0.25) is 0 Å². The van der Waals surface area contributed by atoms with E-state index in [2.05, 4.69) is 10.6 Å². The second kappa shape index (κ2) is 11.7. The number of benzene rings is 1. The summed E-state index contributed by atoms with van der Waals surface area (Å²) in [6.45, 7) is 2.07. The Hall–Kier alpha value is -2.17. The van der Waals surface area contributed by atoms with Gasteiger partial charge in [-0.25, -0.2) is 17.5 Å². The van der Waals surface area contributed by atoms with Crippen molar-refractivity contribution in [1.29, 1.82) is 0 Å². The van der Waals surface area contributed by atoms with Crippen molar-refractivity contribution in [3.8, 4) is 0 Å². The number of piperazine rings is 1.